The molecule has 0 amide bonds. The summed E-state index contributed by atoms with van der Waals surface area (Å²) in [5.41, 5.74) is 1.10. The van der Waals surface area contributed by atoms with E-state index in [2.05, 4.69) is 28.0 Å². The topological polar surface area (TPSA) is 39.1 Å². The summed E-state index contributed by atoms with van der Waals surface area (Å²) in [6.45, 7) is 3.71. The molecule has 4 heteroatoms. The molecule has 0 aliphatic heterocycles. The number of imidazole rings is 1. The molecule has 0 unspecified atom stereocenters. The average molecular weight is 263 g/mol. The minimum atomic E-state index is 0.500. The maximum Gasteiger partial charge on any atom is 0.203 e. The Morgan fingerprint density at radius 3 is 2.79 bits per heavy atom. The van der Waals surface area contributed by atoms with Crippen LogP contribution in [0.1, 0.15) is 56.7 Å². The molecule has 3 rings (SSSR count). The van der Waals surface area contributed by atoms with Gasteiger partial charge in [0.1, 0.15) is 0 Å². The van der Waals surface area contributed by atoms with Crippen LogP contribution in [0, 0.1) is 6.92 Å². The van der Waals surface area contributed by atoms with Gasteiger partial charge in [-0.05, 0) is 32.6 Å². The molecule has 2 aliphatic carbocycles. The first kappa shape index (κ1) is 13.0. The van der Waals surface area contributed by atoms with Crippen LogP contribution in [0.3, 0.4) is 0 Å². The van der Waals surface area contributed by atoms with Crippen molar-refractivity contribution in [1.82, 2.24) is 9.55 Å². The number of aromatic nitrogens is 2. The highest BCUT2D eigenvalue weighted by Gasteiger charge is 2.26. The van der Waals surface area contributed by atoms with Crippen molar-refractivity contribution in [2.75, 3.05) is 18.5 Å². The Bertz CT molecular complexity index is 406. The summed E-state index contributed by atoms with van der Waals surface area (Å²) >= 11 is 0. The molecule has 1 aromatic rings. The van der Waals surface area contributed by atoms with Crippen LogP contribution < -0.4 is 5.32 Å². The molecular formula is C15H25N3O. The smallest absolute Gasteiger partial charge is 0.203 e. The fourth-order valence-corrected chi connectivity index (χ4v) is 2.90. The van der Waals surface area contributed by atoms with Crippen molar-refractivity contribution in [2.45, 2.75) is 64.0 Å². The van der Waals surface area contributed by atoms with Gasteiger partial charge in [0.25, 0.3) is 0 Å². The van der Waals surface area contributed by atoms with Gasteiger partial charge in [0, 0.05) is 18.8 Å². The van der Waals surface area contributed by atoms with E-state index in [-0.39, 0.29) is 0 Å². The SMILES string of the molecule is Cc1cn(C2CC2)c(NCCOC2CCCCC2)n1. The van der Waals surface area contributed by atoms with E-state index >= 15 is 0 Å². The molecule has 0 bridgehead atoms. The van der Waals surface area contributed by atoms with Crippen molar-refractivity contribution < 1.29 is 4.74 Å². The van der Waals surface area contributed by atoms with E-state index in [0.717, 1.165) is 24.8 Å². The Morgan fingerprint density at radius 2 is 2.05 bits per heavy atom. The van der Waals surface area contributed by atoms with E-state index in [1.165, 1.54) is 44.9 Å². The number of ether oxygens (including phenoxy) is 1. The highest BCUT2D eigenvalue weighted by atomic mass is 16.5. The number of hydrogen-bond acceptors (Lipinski definition) is 3. The van der Waals surface area contributed by atoms with Crippen LogP contribution in [0.2, 0.25) is 0 Å². The molecule has 19 heavy (non-hydrogen) atoms. The van der Waals surface area contributed by atoms with Crippen molar-refractivity contribution >= 4 is 5.95 Å². The highest BCUT2D eigenvalue weighted by molar-refractivity contribution is 5.30. The number of aryl methyl sites for hydroxylation is 1. The van der Waals surface area contributed by atoms with E-state index in [1.807, 2.05) is 0 Å². The van der Waals surface area contributed by atoms with Gasteiger partial charge in [-0.25, -0.2) is 4.98 Å². The van der Waals surface area contributed by atoms with Crippen molar-refractivity contribution in [3.05, 3.63) is 11.9 Å². The zero-order chi connectivity index (χ0) is 13.1. The van der Waals surface area contributed by atoms with E-state index in [1.54, 1.807) is 0 Å². The highest BCUT2D eigenvalue weighted by Crippen LogP contribution is 2.37. The summed E-state index contributed by atoms with van der Waals surface area (Å²) in [6.07, 6.45) is 11.8. The third-order valence-corrected chi connectivity index (χ3v) is 4.08. The predicted octanol–water partition coefficient (Wildman–Crippen LogP) is 3.29. The first-order valence-electron chi connectivity index (χ1n) is 7.74. The summed E-state index contributed by atoms with van der Waals surface area (Å²) in [5, 5.41) is 3.42. The zero-order valence-corrected chi connectivity index (χ0v) is 11.9. The van der Waals surface area contributed by atoms with Crippen LogP contribution in [0.4, 0.5) is 5.95 Å². The fourth-order valence-electron chi connectivity index (χ4n) is 2.90. The van der Waals surface area contributed by atoms with Crippen molar-refractivity contribution in [3.8, 4) is 0 Å². The minimum absolute atomic E-state index is 0.500. The molecule has 1 N–H and O–H groups in total. The molecule has 1 heterocycles. The lowest BCUT2D eigenvalue weighted by Crippen LogP contribution is -2.21. The lowest BCUT2D eigenvalue weighted by molar-refractivity contribution is 0.0347. The summed E-state index contributed by atoms with van der Waals surface area (Å²) in [5.74, 6) is 1.02. The second kappa shape index (κ2) is 5.95. The molecule has 2 saturated carbocycles. The van der Waals surface area contributed by atoms with Gasteiger partial charge in [-0.15, -0.1) is 0 Å². The number of anilines is 1. The largest absolute Gasteiger partial charge is 0.376 e. The fraction of sp³-hybridized carbons (Fsp3) is 0.800. The normalized spacial score (nSPS) is 20.7. The Labute approximate surface area is 115 Å². The zero-order valence-electron chi connectivity index (χ0n) is 11.9. The van der Waals surface area contributed by atoms with Gasteiger partial charge in [-0.3, -0.25) is 0 Å². The molecule has 0 saturated heterocycles. The standard InChI is InChI=1S/C15H25N3O/c1-12-11-18(13-7-8-13)15(17-12)16-9-10-19-14-5-3-2-4-6-14/h11,13-14H,2-10H2,1H3,(H,16,17). The van der Waals surface area contributed by atoms with E-state index in [4.69, 9.17) is 4.74 Å². The quantitative estimate of drug-likeness (QED) is 0.800. The summed E-state index contributed by atoms with van der Waals surface area (Å²) < 4.78 is 8.22. The van der Waals surface area contributed by atoms with Gasteiger partial charge in [0.05, 0.1) is 18.4 Å². The number of rotatable bonds is 6. The van der Waals surface area contributed by atoms with Crippen molar-refractivity contribution in [1.29, 1.82) is 0 Å². The van der Waals surface area contributed by atoms with E-state index < -0.39 is 0 Å². The first-order valence-corrected chi connectivity index (χ1v) is 7.74. The van der Waals surface area contributed by atoms with Gasteiger partial charge in [-0.1, -0.05) is 19.3 Å². The third kappa shape index (κ3) is 3.50. The van der Waals surface area contributed by atoms with Crippen molar-refractivity contribution in [3.63, 3.8) is 0 Å². The van der Waals surface area contributed by atoms with Crippen LogP contribution in [-0.2, 0) is 4.74 Å². The lowest BCUT2D eigenvalue weighted by atomic mass is 9.98. The molecule has 0 spiro atoms. The first-order chi connectivity index (χ1) is 9.33. The number of nitrogens with one attached hydrogen (secondary N) is 1. The molecule has 1 aromatic heterocycles. The summed E-state index contributed by atoms with van der Waals surface area (Å²) in [6, 6.07) is 0.683. The van der Waals surface area contributed by atoms with Crippen LogP contribution in [-0.4, -0.2) is 28.8 Å². The number of hydrogen-bond donors (Lipinski definition) is 1. The van der Waals surface area contributed by atoms with Crippen LogP contribution in [0.25, 0.3) is 0 Å². The molecule has 2 aliphatic rings. The lowest BCUT2D eigenvalue weighted by Gasteiger charge is -2.22. The van der Waals surface area contributed by atoms with Crippen molar-refractivity contribution in [2.24, 2.45) is 0 Å². The predicted molar refractivity (Wildman–Crippen MR) is 76.5 cm³/mol. The molecule has 0 radical (unpaired) electrons. The molecule has 2 fully saturated rings. The third-order valence-electron chi connectivity index (χ3n) is 4.08. The maximum atomic E-state index is 5.93. The van der Waals surface area contributed by atoms with Gasteiger partial charge in [0.2, 0.25) is 5.95 Å². The molecule has 0 aromatic carbocycles. The van der Waals surface area contributed by atoms with E-state index in [9.17, 15) is 0 Å². The maximum absolute atomic E-state index is 5.93. The second-order valence-electron chi connectivity index (χ2n) is 5.90. The Balaban J connectivity index is 1.41. The van der Waals surface area contributed by atoms with Crippen LogP contribution >= 0.6 is 0 Å². The molecule has 0 atom stereocenters. The van der Waals surface area contributed by atoms with Gasteiger partial charge in [-0.2, -0.15) is 0 Å². The van der Waals surface area contributed by atoms with Crippen LogP contribution in [0.5, 0.6) is 0 Å². The minimum Gasteiger partial charge on any atom is -0.376 e. The Kier molecular flexibility index (Phi) is 4.06. The van der Waals surface area contributed by atoms with Crippen LogP contribution in [0.15, 0.2) is 6.20 Å². The molecule has 4 nitrogen and oxygen atoms in total. The van der Waals surface area contributed by atoms with Gasteiger partial charge >= 0.3 is 0 Å². The molecule has 106 valence electrons. The second-order valence-corrected chi connectivity index (χ2v) is 5.90. The molecular weight excluding hydrogens is 238 g/mol. The number of nitrogens with zero attached hydrogens (tertiary/aromatic N) is 2. The van der Waals surface area contributed by atoms with Gasteiger partial charge in [0.15, 0.2) is 0 Å². The van der Waals surface area contributed by atoms with Gasteiger partial charge < -0.3 is 14.6 Å². The Morgan fingerprint density at radius 1 is 1.26 bits per heavy atom. The Hall–Kier alpha value is -1.03. The summed E-state index contributed by atoms with van der Waals surface area (Å²) in [7, 11) is 0. The van der Waals surface area contributed by atoms with E-state index in [0.29, 0.717) is 12.1 Å². The summed E-state index contributed by atoms with van der Waals surface area (Å²) in [4.78, 5) is 4.55. The monoisotopic (exact) mass is 263 g/mol. The average Bonchev–Trinajstić information content (AvgIpc) is 3.20.